The maximum Gasteiger partial charge on any atom is 0.150 e. The molecule has 3 aromatic rings. The molecule has 142 valence electrons. The van der Waals surface area contributed by atoms with Gasteiger partial charge in [0.05, 0.1) is 5.52 Å². The van der Waals surface area contributed by atoms with Crippen molar-refractivity contribution in [1.82, 2.24) is 10.3 Å². The molecule has 1 aromatic heterocycles. The maximum atomic E-state index is 14.0. The van der Waals surface area contributed by atoms with Crippen molar-refractivity contribution in [3.8, 4) is 0 Å². The van der Waals surface area contributed by atoms with E-state index in [1.54, 1.807) is 0 Å². The van der Waals surface area contributed by atoms with E-state index < -0.39 is 11.6 Å². The third-order valence-corrected chi connectivity index (χ3v) is 5.71. The van der Waals surface area contributed by atoms with Gasteiger partial charge in [0.2, 0.25) is 0 Å². The van der Waals surface area contributed by atoms with Crippen molar-refractivity contribution < 1.29 is 8.78 Å². The number of benzene rings is 2. The molecule has 1 atom stereocenters. The lowest BCUT2D eigenvalue weighted by atomic mass is 9.91. The second-order valence-corrected chi connectivity index (χ2v) is 7.93. The van der Waals surface area contributed by atoms with Crippen LogP contribution in [0.4, 0.5) is 8.78 Å². The summed E-state index contributed by atoms with van der Waals surface area (Å²) in [5.74, 6) is -0.463. The number of fused-ring (bicyclic) bond motifs is 3. The Kier molecular flexibility index (Phi) is 5.00. The Morgan fingerprint density at radius 1 is 1.15 bits per heavy atom. The van der Waals surface area contributed by atoms with E-state index in [2.05, 4.69) is 48.4 Å². The first-order valence-corrected chi connectivity index (χ1v) is 9.82. The fraction of sp³-hybridized carbons (Fsp3) is 0.391. The Labute approximate surface area is 159 Å². The van der Waals surface area contributed by atoms with Gasteiger partial charge in [0.1, 0.15) is 11.6 Å². The summed E-state index contributed by atoms with van der Waals surface area (Å²) in [5, 5.41) is 4.32. The van der Waals surface area contributed by atoms with Crippen molar-refractivity contribution in [3.05, 3.63) is 70.4 Å². The van der Waals surface area contributed by atoms with E-state index in [-0.39, 0.29) is 0 Å². The molecule has 1 unspecified atom stereocenters. The van der Waals surface area contributed by atoms with E-state index in [0.717, 1.165) is 49.6 Å². The number of halogens is 2. The summed E-state index contributed by atoms with van der Waals surface area (Å²) < 4.78 is 27.7. The van der Waals surface area contributed by atoms with Crippen molar-refractivity contribution >= 4 is 10.9 Å². The monoisotopic (exact) mass is 368 g/mol. The zero-order valence-electron chi connectivity index (χ0n) is 15.9. The smallest absolute Gasteiger partial charge is 0.150 e. The first-order chi connectivity index (χ1) is 13.0. The minimum Gasteiger partial charge on any atom is -0.356 e. The third-order valence-electron chi connectivity index (χ3n) is 5.71. The normalized spacial score (nSPS) is 16.9. The number of aromatic nitrogens is 1. The van der Waals surface area contributed by atoms with Gasteiger partial charge in [-0.1, -0.05) is 38.1 Å². The molecule has 0 amide bonds. The lowest BCUT2D eigenvalue weighted by Gasteiger charge is -2.24. The molecule has 0 aliphatic heterocycles. The van der Waals surface area contributed by atoms with E-state index in [1.165, 1.54) is 17.2 Å². The molecule has 2 aromatic carbocycles. The molecule has 0 bridgehead atoms. The molecule has 1 aliphatic carbocycles. The second-order valence-electron chi connectivity index (χ2n) is 7.93. The van der Waals surface area contributed by atoms with Gasteiger partial charge < -0.3 is 10.3 Å². The zero-order valence-corrected chi connectivity index (χ0v) is 15.9. The fourth-order valence-electron chi connectivity index (χ4n) is 4.11. The van der Waals surface area contributed by atoms with Crippen molar-refractivity contribution in [2.45, 2.75) is 51.5 Å². The van der Waals surface area contributed by atoms with Crippen LogP contribution in [-0.2, 0) is 19.3 Å². The number of aromatic amines is 1. The number of rotatable bonds is 5. The SMILES string of the molecule is CC(C)c1ccc(CCNC2CCc3[nH]c4c(F)cc(F)cc4c3C2)cc1. The van der Waals surface area contributed by atoms with Gasteiger partial charge in [-0.15, -0.1) is 0 Å². The van der Waals surface area contributed by atoms with Gasteiger partial charge >= 0.3 is 0 Å². The number of H-pyrrole nitrogens is 1. The van der Waals surface area contributed by atoms with Crippen molar-refractivity contribution in [2.24, 2.45) is 0 Å². The first kappa shape index (κ1) is 18.2. The van der Waals surface area contributed by atoms with Crippen LogP contribution < -0.4 is 5.32 Å². The van der Waals surface area contributed by atoms with Crippen LogP contribution in [0.25, 0.3) is 10.9 Å². The Balaban J connectivity index is 1.40. The van der Waals surface area contributed by atoms with Gasteiger partial charge in [-0.3, -0.25) is 0 Å². The summed E-state index contributed by atoms with van der Waals surface area (Å²) in [4.78, 5) is 3.16. The van der Waals surface area contributed by atoms with E-state index in [1.807, 2.05) is 0 Å². The van der Waals surface area contributed by atoms with Gasteiger partial charge in [0.15, 0.2) is 0 Å². The van der Waals surface area contributed by atoms with Crippen LogP contribution in [0.15, 0.2) is 36.4 Å². The lowest BCUT2D eigenvalue weighted by Crippen LogP contribution is -2.35. The van der Waals surface area contributed by atoms with Crippen LogP contribution in [0.2, 0.25) is 0 Å². The fourth-order valence-corrected chi connectivity index (χ4v) is 4.11. The second kappa shape index (κ2) is 7.43. The van der Waals surface area contributed by atoms with E-state index >= 15 is 0 Å². The van der Waals surface area contributed by atoms with Crippen molar-refractivity contribution in [3.63, 3.8) is 0 Å². The molecular formula is C23H26F2N2. The predicted molar refractivity (Wildman–Crippen MR) is 106 cm³/mol. The van der Waals surface area contributed by atoms with Gasteiger partial charge in [0, 0.05) is 23.2 Å². The van der Waals surface area contributed by atoms with Gasteiger partial charge in [-0.25, -0.2) is 8.78 Å². The summed E-state index contributed by atoms with van der Waals surface area (Å²) in [5.41, 5.74) is 5.25. The summed E-state index contributed by atoms with van der Waals surface area (Å²) >= 11 is 0. The van der Waals surface area contributed by atoms with Crippen LogP contribution in [0.3, 0.4) is 0 Å². The Morgan fingerprint density at radius 3 is 2.67 bits per heavy atom. The van der Waals surface area contributed by atoms with Crippen LogP contribution >= 0.6 is 0 Å². The molecule has 4 rings (SSSR count). The molecule has 0 saturated heterocycles. The number of aryl methyl sites for hydroxylation is 1. The third kappa shape index (κ3) is 3.77. The Morgan fingerprint density at radius 2 is 1.93 bits per heavy atom. The quantitative estimate of drug-likeness (QED) is 0.632. The van der Waals surface area contributed by atoms with Crippen LogP contribution in [0.5, 0.6) is 0 Å². The molecule has 1 heterocycles. The standard InChI is InChI=1S/C23H26F2N2/c1-14(2)16-5-3-15(4-6-16)9-10-26-18-7-8-22-19(13-18)20-11-17(24)12-21(25)23(20)27-22/h3-6,11-12,14,18,26-27H,7-10,13H2,1-2H3. The average molecular weight is 368 g/mol. The van der Waals surface area contributed by atoms with Crippen LogP contribution in [0, 0.1) is 11.6 Å². The highest BCUT2D eigenvalue weighted by Crippen LogP contribution is 2.31. The number of hydrogen-bond acceptors (Lipinski definition) is 1. The highest BCUT2D eigenvalue weighted by atomic mass is 19.1. The Hall–Kier alpha value is -2.20. The molecule has 0 saturated carbocycles. The van der Waals surface area contributed by atoms with Gasteiger partial charge in [-0.2, -0.15) is 0 Å². The molecule has 27 heavy (non-hydrogen) atoms. The van der Waals surface area contributed by atoms with Crippen molar-refractivity contribution in [1.29, 1.82) is 0 Å². The highest BCUT2D eigenvalue weighted by molar-refractivity contribution is 5.85. The average Bonchev–Trinajstić information content (AvgIpc) is 3.01. The van der Waals surface area contributed by atoms with Crippen LogP contribution in [0.1, 0.15) is 48.6 Å². The number of hydrogen-bond donors (Lipinski definition) is 2. The first-order valence-electron chi connectivity index (χ1n) is 9.82. The molecule has 0 fully saturated rings. The molecule has 1 aliphatic rings. The molecule has 4 heteroatoms. The lowest BCUT2D eigenvalue weighted by molar-refractivity contribution is 0.460. The molecule has 2 N–H and O–H groups in total. The van der Waals surface area contributed by atoms with E-state index in [9.17, 15) is 8.78 Å². The van der Waals surface area contributed by atoms with Crippen LogP contribution in [-0.4, -0.2) is 17.6 Å². The minimum absolute atomic E-state index is 0.345. The van der Waals surface area contributed by atoms with Gasteiger partial charge in [-0.05, 0) is 60.9 Å². The minimum atomic E-state index is -0.512. The van der Waals surface area contributed by atoms with Crippen molar-refractivity contribution in [2.75, 3.05) is 6.54 Å². The molecule has 0 spiro atoms. The topological polar surface area (TPSA) is 27.8 Å². The van der Waals surface area contributed by atoms with E-state index in [0.29, 0.717) is 22.9 Å². The van der Waals surface area contributed by atoms with Gasteiger partial charge in [0.25, 0.3) is 0 Å². The summed E-state index contributed by atoms with van der Waals surface area (Å²) in [6, 6.07) is 11.6. The summed E-state index contributed by atoms with van der Waals surface area (Å²) in [7, 11) is 0. The maximum absolute atomic E-state index is 14.0. The molecular weight excluding hydrogens is 342 g/mol. The Bertz CT molecular complexity index is 941. The molecule has 2 nitrogen and oxygen atoms in total. The highest BCUT2D eigenvalue weighted by Gasteiger charge is 2.23. The molecule has 0 radical (unpaired) electrons. The zero-order chi connectivity index (χ0) is 19.0. The summed E-state index contributed by atoms with van der Waals surface area (Å²) in [6.45, 7) is 5.32. The largest absolute Gasteiger partial charge is 0.356 e. The number of nitrogens with one attached hydrogen (secondary N) is 2. The predicted octanol–water partition coefficient (Wildman–Crippen LogP) is 5.26. The van der Waals surface area contributed by atoms with E-state index in [4.69, 9.17) is 0 Å². The summed E-state index contributed by atoms with van der Waals surface area (Å²) in [6.07, 6.45) is 3.67.